The van der Waals surface area contributed by atoms with Crippen molar-refractivity contribution in [2.45, 2.75) is 6.92 Å². The van der Waals surface area contributed by atoms with E-state index in [1.165, 1.54) is 0 Å². The van der Waals surface area contributed by atoms with Gasteiger partial charge in [-0.25, -0.2) is 4.79 Å². The van der Waals surface area contributed by atoms with Gasteiger partial charge in [0.2, 0.25) is 0 Å². The van der Waals surface area contributed by atoms with Crippen molar-refractivity contribution in [2.24, 2.45) is 0 Å². The van der Waals surface area contributed by atoms with E-state index in [2.05, 4.69) is 20.7 Å². The van der Waals surface area contributed by atoms with E-state index in [1.54, 1.807) is 6.92 Å². The first kappa shape index (κ1) is 11.6. The van der Waals surface area contributed by atoms with Crippen molar-refractivity contribution in [3.8, 4) is 0 Å². The quantitative estimate of drug-likeness (QED) is 0.304. The van der Waals surface area contributed by atoms with Crippen LogP contribution in [0, 0.1) is 0 Å². The standard InChI is InChI=1S/C8H13BrO3/c1-2-12-8(10)7-11-6-4-3-5-9/h3-4H,2,5-7H2,1H3/b4-3-. The molecule has 0 atom stereocenters. The van der Waals surface area contributed by atoms with Crippen LogP contribution in [-0.4, -0.2) is 31.1 Å². The van der Waals surface area contributed by atoms with Gasteiger partial charge in [0.25, 0.3) is 0 Å². The van der Waals surface area contributed by atoms with Crippen LogP contribution < -0.4 is 0 Å². The smallest absolute Gasteiger partial charge is 0.332 e. The summed E-state index contributed by atoms with van der Waals surface area (Å²) in [6.07, 6.45) is 3.75. The van der Waals surface area contributed by atoms with E-state index in [0.717, 1.165) is 5.33 Å². The van der Waals surface area contributed by atoms with Crippen molar-refractivity contribution in [3.05, 3.63) is 12.2 Å². The molecule has 0 aliphatic rings. The van der Waals surface area contributed by atoms with Gasteiger partial charge in [-0.15, -0.1) is 0 Å². The summed E-state index contributed by atoms with van der Waals surface area (Å²) in [7, 11) is 0. The summed E-state index contributed by atoms with van der Waals surface area (Å²) in [6.45, 7) is 2.65. The van der Waals surface area contributed by atoms with Gasteiger partial charge in [-0.05, 0) is 6.92 Å². The normalized spacial score (nSPS) is 10.5. The second-order valence-corrected chi connectivity index (χ2v) is 2.59. The van der Waals surface area contributed by atoms with Gasteiger partial charge in [0.15, 0.2) is 0 Å². The zero-order valence-corrected chi connectivity index (χ0v) is 8.67. The Morgan fingerprint density at radius 1 is 1.50 bits per heavy atom. The van der Waals surface area contributed by atoms with E-state index in [0.29, 0.717) is 13.2 Å². The van der Waals surface area contributed by atoms with Crippen molar-refractivity contribution in [2.75, 3.05) is 25.2 Å². The third-order valence-electron chi connectivity index (χ3n) is 0.995. The van der Waals surface area contributed by atoms with Gasteiger partial charge in [0.05, 0.1) is 13.2 Å². The molecule has 0 fully saturated rings. The second kappa shape index (κ2) is 8.74. The van der Waals surface area contributed by atoms with Crippen LogP contribution in [0.1, 0.15) is 6.92 Å². The Morgan fingerprint density at radius 2 is 2.25 bits per heavy atom. The summed E-state index contributed by atoms with van der Waals surface area (Å²) in [5.74, 6) is -0.315. The molecule has 0 saturated heterocycles. The first-order valence-electron chi connectivity index (χ1n) is 3.75. The number of carbonyl (C=O) groups excluding carboxylic acids is 1. The Balaban J connectivity index is 3.19. The maximum Gasteiger partial charge on any atom is 0.332 e. The minimum atomic E-state index is -0.315. The molecule has 0 aromatic heterocycles. The predicted octanol–water partition coefficient (Wildman–Crippen LogP) is 1.52. The Morgan fingerprint density at radius 3 is 2.83 bits per heavy atom. The van der Waals surface area contributed by atoms with E-state index >= 15 is 0 Å². The van der Waals surface area contributed by atoms with Crippen LogP contribution in [0.2, 0.25) is 0 Å². The van der Waals surface area contributed by atoms with Crippen molar-refractivity contribution in [3.63, 3.8) is 0 Å². The highest BCUT2D eigenvalue weighted by Gasteiger charge is 1.98. The zero-order chi connectivity index (χ0) is 9.23. The maximum atomic E-state index is 10.7. The van der Waals surface area contributed by atoms with Gasteiger partial charge in [0.1, 0.15) is 6.61 Å². The van der Waals surface area contributed by atoms with Crippen LogP contribution in [0.15, 0.2) is 12.2 Å². The molecule has 0 radical (unpaired) electrons. The maximum absolute atomic E-state index is 10.7. The van der Waals surface area contributed by atoms with Crippen molar-refractivity contribution >= 4 is 21.9 Å². The van der Waals surface area contributed by atoms with Gasteiger partial charge in [0, 0.05) is 5.33 Å². The molecule has 0 amide bonds. The lowest BCUT2D eigenvalue weighted by Gasteiger charge is -2.00. The van der Waals surface area contributed by atoms with E-state index in [9.17, 15) is 4.79 Å². The fraction of sp³-hybridized carbons (Fsp3) is 0.625. The summed E-state index contributed by atoms with van der Waals surface area (Å²) in [6, 6.07) is 0. The molecule has 0 aliphatic carbocycles. The highest BCUT2D eigenvalue weighted by molar-refractivity contribution is 9.09. The average molecular weight is 237 g/mol. The summed E-state index contributed by atoms with van der Waals surface area (Å²) in [5.41, 5.74) is 0. The molecule has 70 valence electrons. The number of alkyl halides is 1. The molecule has 4 heteroatoms. The molecule has 0 N–H and O–H groups in total. The van der Waals surface area contributed by atoms with Gasteiger partial charge in [-0.1, -0.05) is 28.1 Å². The average Bonchev–Trinajstić information content (AvgIpc) is 2.05. The van der Waals surface area contributed by atoms with Crippen LogP contribution in [0.5, 0.6) is 0 Å². The second-order valence-electron chi connectivity index (χ2n) is 1.95. The molecule has 0 heterocycles. The van der Waals surface area contributed by atoms with Crippen LogP contribution in [0.3, 0.4) is 0 Å². The number of ether oxygens (including phenoxy) is 2. The third kappa shape index (κ3) is 7.75. The van der Waals surface area contributed by atoms with Gasteiger partial charge in [-0.3, -0.25) is 0 Å². The number of hydrogen-bond donors (Lipinski definition) is 0. The molecule has 0 aliphatic heterocycles. The molecule has 12 heavy (non-hydrogen) atoms. The molecule has 3 nitrogen and oxygen atoms in total. The summed E-state index contributed by atoms with van der Waals surface area (Å²) in [4.78, 5) is 10.7. The minimum Gasteiger partial charge on any atom is -0.464 e. The van der Waals surface area contributed by atoms with Gasteiger partial charge < -0.3 is 9.47 Å². The van der Waals surface area contributed by atoms with Crippen LogP contribution >= 0.6 is 15.9 Å². The first-order valence-corrected chi connectivity index (χ1v) is 4.87. The van der Waals surface area contributed by atoms with E-state index in [-0.39, 0.29) is 12.6 Å². The number of esters is 1. The molecule has 0 spiro atoms. The molecule has 0 aromatic carbocycles. The third-order valence-corrected chi connectivity index (χ3v) is 1.37. The molecule has 0 saturated carbocycles. The molecule has 0 aromatic rings. The molecule has 0 bridgehead atoms. The largest absolute Gasteiger partial charge is 0.464 e. The molecular weight excluding hydrogens is 224 g/mol. The number of halogens is 1. The predicted molar refractivity (Wildman–Crippen MR) is 50.4 cm³/mol. The Labute approximate surface area is 80.9 Å². The van der Waals surface area contributed by atoms with Crippen LogP contribution in [0.4, 0.5) is 0 Å². The lowest BCUT2D eigenvalue weighted by atomic mass is 10.5. The minimum absolute atomic E-state index is 0.0282. The zero-order valence-electron chi connectivity index (χ0n) is 7.09. The summed E-state index contributed by atoms with van der Waals surface area (Å²) >= 11 is 3.22. The Bertz CT molecular complexity index is 145. The lowest BCUT2D eigenvalue weighted by Crippen LogP contribution is -2.12. The molecule has 0 rings (SSSR count). The molecule has 0 unspecified atom stereocenters. The van der Waals surface area contributed by atoms with Crippen molar-refractivity contribution < 1.29 is 14.3 Å². The van der Waals surface area contributed by atoms with Crippen LogP contribution in [-0.2, 0) is 14.3 Å². The molecular formula is C8H13BrO3. The summed E-state index contributed by atoms with van der Waals surface area (Å²) < 4.78 is 9.62. The van der Waals surface area contributed by atoms with Crippen molar-refractivity contribution in [1.29, 1.82) is 0 Å². The fourth-order valence-corrected chi connectivity index (χ4v) is 0.808. The number of hydrogen-bond acceptors (Lipinski definition) is 3. The summed E-state index contributed by atoms with van der Waals surface area (Å²) in [5, 5.41) is 0.801. The fourth-order valence-electron chi connectivity index (χ4n) is 0.544. The van der Waals surface area contributed by atoms with E-state index in [4.69, 9.17) is 4.74 Å². The topological polar surface area (TPSA) is 35.5 Å². The van der Waals surface area contributed by atoms with Crippen LogP contribution in [0.25, 0.3) is 0 Å². The number of allylic oxidation sites excluding steroid dienone is 1. The highest BCUT2D eigenvalue weighted by Crippen LogP contribution is 1.85. The number of rotatable bonds is 6. The number of carbonyl (C=O) groups is 1. The van der Waals surface area contributed by atoms with Gasteiger partial charge >= 0.3 is 5.97 Å². The Kier molecular flexibility index (Phi) is 8.49. The Hall–Kier alpha value is -0.350. The highest BCUT2D eigenvalue weighted by atomic mass is 79.9. The lowest BCUT2D eigenvalue weighted by molar-refractivity contribution is -0.147. The monoisotopic (exact) mass is 236 g/mol. The van der Waals surface area contributed by atoms with Gasteiger partial charge in [-0.2, -0.15) is 0 Å². The van der Waals surface area contributed by atoms with E-state index in [1.807, 2.05) is 12.2 Å². The van der Waals surface area contributed by atoms with Crippen molar-refractivity contribution in [1.82, 2.24) is 0 Å². The first-order chi connectivity index (χ1) is 5.81. The van der Waals surface area contributed by atoms with E-state index < -0.39 is 0 Å². The SMILES string of the molecule is CCOC(=O)COC/C=C\CBr.